The molecule has 0 amide bonds. The quantitative estimate of drug-likeness (QED) is 0.181. The molecule has 61 heavy (non-hydrogen) atoms. The van der Waals surface area contributed by atoms with E-state index in [4.69, 9.17) is 12.9 Å². The Kier molecular flexibility index (Phi) is 12.3. The average Bonchev–Trinajstić information content (AvgIpc) is 3.20. The van der Waals surface area contributed by atoms with Gasteiger partial charge in [0, 0.05) is 33.0 Å². The first-order chi connectivity index (χ1) is 27.2. The van der Waals surface area contributed by atoms with Crippen LogP contribution >= 0.6 is 8.24 Å². The molecule has 4 heteroatoms. The van der Waals surface area contributed by atoms with Crippen LogP contribution in [0.4, 0.5) is 0 Å². The maximum atomic E-state index is 7.62. The zero-order chi connectivity index (χ0) is 46.6. The summed E-state index contributed by atoms with van der Waals surface area (Å²) in [6.07, 6.45) is 0. The lowest BCUT2D eigenvalue weighted by Gasteiger charge is -2.32. The summed E-state index contributed by atoms with van der Waals surface area (Å²) in [7, 11) is -2.03. The molecule has 0 spiro atoms. The summed E-state index contributed by atoms with van der Waals surface area (Å²) in [6.45, 7) is 57.6. The molecule has 5 rings (SSSR count). The first kappa shape index (κ1) is 48.6. The molecule has 0 saturated carbocycles. The van der Waals surface area contributed by atoms with E-state index in [1.165, 1.54) is 38.9 Å². The number of hydrogen-bond donors (Lipinski definition) is 0. The van der Waals surface area contributed by atoms with Gasteiger partial charge in [0.2, 0.25) is 0 Å². The molecule has 0 saturated heterocycles. The number of fused-ring (bicyclic) bond motifs is 3. The Hall–Kier alpha value is -3.42. The van der Waals surface area contributed by atoms with Crippen molar-refractivity contribution >= 4 is 30.2 Å². The Balaban J connectivity index is 2.11. The molecule has 3 nitrogen and oxygen atoms in total. The van der Waals surface area contributed by atoms with Gasteiger partial charge in [0.1, 0.15) is 16.9 Å². The van der Waals surface area contributed by atoms with Crippen LogP contribution in [0, 0.1) is 6.92 Å². The van der Waals surface area contributed by atoms with Crippen LogP contribution in [-0.2, 0) is 43.3 Å². The van der Waals surface area contributed by atoms with Gasteiger partial charge in [-0.25, -0.2) is 0 Å². The number of rotatable bonds is 3. The van der Waals surface area contributed by atoms with Gasteiger partial charge in [-0.1, -0.05) is 197 Å². The van der Waals surface area contributed by atoms with E-state index in [0.29, 0.717) is 0 Å². The second kappa shape index (κ2) is 15.4. The lowest BCUT2D eigenvalue weighted by molar-refractivity contribution is 0.471. The van der Waals surface area contributed by atoms with Gasteiger partial charge >= 0.3 is 8.24 Å². The highest BCUT2D eigenvalue weighted by molar-refractivity contribution is 7.32. The van der Waals surface area contributed by atoms with E-state index in [2.05, 4.69) is 222 Å². The van der Waals surface area contributed by atoms with E-state index in [1.807, 2.05) is 0 Å². The Morgan fingerprint density at radius 3 is 0.967 bits per heavy atom. The molecule has 1 aromatic heterocycles. The zero-order valence-corrected chi connectivity index (χ0v) is 44.2. The molecule has 4 aromatic carbocycles. The smallest absolute Gasteiger partial charge is 0.390 e. The molecular weight excluding hydrogens is 764 g/mol. The fourth-order valence-electron chi connectivity index (χ4n) is 8.24. The Labute approximate surface area is 373 Å². The van der Waals surface area contributed by atoms with Crippen molar-refractivity contribution in [3.63, 3.8) is 0 Å². The van der Waals surface area contributed by atoms with Crippen molar-refractivity contribution in [1.29, 1.82) is 0 Å². The summed E-state index contributed by atoms with van der Waals surface area (Å²) >= 11 is 0. The summed E-state index contributed by atoms with van der Waals surface area (Å²) in [5.41, 5.74) is 14.1. The zero-order valence-electron chi connectivity index (χ0n) is 43.3. The lowest BCUT2D eigenvalue weighted by atomic mass is 9.74. The van der Waals surface area contributed by atoms with E-state index in [0.717, 1.165) is 49.9 Å². The van der Waals surface area contributed by atoms with Crippen molar-refractivity contribution in [3.8, 4) is 16.9 Å². The van der Waals surface area contributed by atoms with Gasteiger partial charge in [-0.15, -0.1) is 0 Å². The highest BCUT2D eigenvalue weighted by atomic mass is 31.1. The maximum Gasteiger partial charge on any atom is 0.453 e. The van der Waals surface area contributed by atoms with E-state index >= 15 is 0 Å². The predicted octanol–water partition coefficient (Wildman–Crippen LogP) is 18.5. The fourth-order valence-corrected chi connectivity index (χ4v) is 9.39. The van der Waals surface area contributed by atoms with Crippen LogP contribution < -0.4 is 4.52 Å². The largest absolute Gasteiger partial charge is 0.453 e. The summed E-state index contributed by atoms with van der Waals surface area (Å²) < 4.78 is 22.5. The maximum absolute atomic E-state index is 7.62. The molecule has 0 aliphatic heterocycles. The Morgan fingerprint density at radius 1 is 0.344 bits per heavy atom. The Morgan fingerprint density at radius 2 is 0.639 bits per heavy atom. The van der Waals surface area contributed by atoms with Crippen LogP contribution in [0.25, 0.3) is 33.1 Å². The molecule has 0 fully saturated rings. The molecule has 0 radical (unpaired) electrons. The monoisotopic (exact) mass is 847 g/mol. The van der Waals surface area contributed by atoms with Gasteiger partial charge in [0.25, 0.3) is 0 Å². The molecule has 0 aliphatic carbocycles. The third-order valence-corrected chi connectivity index (χ3v) is 13.4. The van der Waals surface area contributed by atoms with E-state index in [1.54, 1.807) is 0 Å². The third-order valence-electron chi connectivity index (χ3n) is 12.4. The van der Waals surface area contributed by atoms with Crippen LogP contribution in [0.3, 0.4) is 0 Å². The minimum absolute atomic E-state index is 0.0620. The van der Waals surface area contributed by atoms with Gasteiger partial charge in [-0.3, -0.25) is 0 Å². The molecule has 0 N–H and O–H groups in total. The van der Waals surface area contributed by atoms with Crippen LogP contribution in [0.1, 0.15) is 216 Å². The van der Waals surface area contributed by atoms with Crippen molar-refractivity contribution in [3.05, 3.63) is 98.6 Å². The lowest BCUT2D eigenvalue weighted by Crippen LogP contribution is -2.20. The Bertz CT molecular complexity index is 2410. The van der Waals surface area contributed by atoms with Gasteiger partial charge in [0.05, 0.1) is 0 Å². The van der Waals surface area contributed by atoms with E-state index < -0.39 is 8.24 Å². The number of benzene rings is 4. The minimum atomic E-state index is -2.03. The molecule has 0 atom stereocenters. The van der Waals surface area contributed by atoms with Crippen LogP contribution in [-0.4, -0.2) is 0 Å². The van der Waals surface area contributed by atoms with Crippen molar-refractivity contribution in [2.45, 2.75) is 216 Å². The molecule has 0 aliphatic rings. The summed E-state index contributed by atoms with van der Waals surface area (Å²) in [5.74, 6) is 0.831. The standard InChI is InChI=1S/C57H83O3P/c1-34-39(26-35(50(2,3)4)30-43(34)54(14,15)16)40-27-36(51(5,6)7)31-44(55(17,18)19)47(40)58-61-59-48-41(28-37(52(8,9)10)32-45(48)56(20,21)22)42-29-38(53(11,12)13)33-46(49(42)60-61)57(23,24)25/h26-33H,1-25H3. The van der Waals surface area contributed by atoms with Gasteiger partial charge in [-0.05, 0) is 107 Å². The van der Waals surface area contributed by atoms with Gasteiger partial charge < -0.3 is 12.9 Å². The second-order valence-corrected chi connectivity index (χ2v) is 27.4. The van der Waals surface area contributed by atoms with Gasteiger partial charge in [0.15, 0.2) is 0 Å². The molecule has 1 heterocycles. The second-order valence-electron chi connectivity index (χ2n) is 26.4. The fraction of sp³-hybridized carbons (Fsp3) is 0.579. The van der Waals surface area contributed by atoms with Crippen LogP contribution in [0.5, 0.6) is 5.75 Å². The number of hydrogen-bond acceptors (Lipinski definition) is 3. The topological polar surface area (TPSA) is 35.5 Å². The minimum Gasteiger partial charge on any atom is -0.390 e. The summed E-state index contributed by atoms with van der Waals surface area (Å²) in [6, 6.07) is 19.1. The SMILES string of the molecule is Cc1c(-c2cc(C(C)(C)C)cc(C(C)(C)C)c2Op2oc3c(C(C)(C)C)cc(C(C)(C)C)cc3c3cc(C(C)(C)C)cc(C(C)(C)C)c3o2)cc(C(C)(C)C)cc1C(C)(C)C. The van der Waals surface area contributed by atoms with Crippen molar-refractivity contribution in [2.75, 3.05) is 0 Å². The van der Waals surface area contributed by atoms with Crippen LogP contribution in [0.2, 0.25) is 0 Å². The van der Waals surface area contributed by atoms with Crippen molar-refractivity contribution < 1.29 is 12.9 Å². The van der Waals surface area contributed by atoms with Crippen LogP contribution in [0.15, 0.2) is 56.9 Å². The van der Waals surface area contributed by atoms with E-state index in [9.17, 15) is 0 Å². The summed E-state index contributed by atoms with van der Waals surface area (Å²) in [5, 5.41) is 2.14. The first-order valence-electron chi connectivity index (χ1n) is 22.8. The molecule has 0 unspecified atom stereocenters. The highest BCUT2D eigenvalue weighted by Crippen LogP contribution is 2.52. The van der Waals surface area contributed by atoms with Crippen molar-refractivity contribution in [1.82, 2.24) is 0 Å². The van der Waals surface area contributed by atoms with Gasteiger partial charge in [-0.2, -0.15) is 0 Å². The van der Waals surface area contributed by atoms with Crippen molar-refractivity contribution in [2.24, 2.45) is 0 Å². The predicted molar refractivity (Wildman–Crippen MR) is 269 cm³/mol. The summed E-state index contributed by atoms with van der Waals surface area (Å²) in [4.78, 5) is 0. The van der Waals surface area contributed by atoms with E-state index in [-0.39, 0.29) is 43.3 Å². The highest BCUT2D eigenvalue weighted by Gasteiger charge is 2.33. The first-order valence-corrected chi connectivity index (χ1v) is 23.9. The third kappa shape index (κ3) is 10.2. The molecule has 334 valence electrons. The normalized spacial score (nSPS) is 14.0. The molecule has 0 bridgehead atoms. The average molecular weight is 847 g/mol. The molecular formula is C57H83O3P. The molecule has 5 aromatic rings.